The van der Waals surface area contributed by atoms with Crippen molar-refractivity contribution < 1.29 is 8.78 Å². The van der Waals surface area contributed by atoms with E-state index in [1.54, 1.807) is 0 Å². The first-order valence-corrected chi connectivity index (χ1v) is 5.83. The molecule has 1 nitrogen and oxygen atoms in total. The maximum absolute atomic E-state index is 13.0. The molecule has 4 heteroatoms. The smallest absolute Gasteiger partial charge is 0.159 e. The minimum atomic E-state index is -0.801. The molecule has 0 radical (unpaired) electrons. The number of halogens is 3. The summed E-state index contributed by atoms with van der Waals surface area (Å²) in [6.45, 7) is 1.02. The standard InChI is InChI=1S/C11H12BrF2N/c12-9-6-11(14)10(13)5-7(9)4-8-2-1-3-15-8/h5-6,8,15H,1-4H2. The summed E-state index contributed by atoms with van der Waals surface area (Å²) in [4.78, 5) is 0. The Morgan fingerprint density at radius 2 is 2.07 bits per heavy atom. The van der Waals surface area contributed by atoms with E-state index in [9.17, 15) is 8.78 Å². The van der Waals surface area contributed by atoms with Crippen LogP contribution in [0.5, 0.6) is 0 Å². The SMILES string of the molecule is Fc1cc(Br)c(CC2CCCN2)cc1F. The molecule has 1 unspecified atom stereocenters. The molecule has 1 atom stereocenters. The van der Waals surface area contributed by atoms with Crippen LogP contribution in [0.1, 0.15) is 18.4 Å². The molecule has 0 aliphatic carbocycles. The molecular weight excluding hydrogens is 264 g/mol. The van der Waals surface area contributed by atoms with Gasteiger partial charge in [0.2, 0.25) is 0 Å². The van der Waals surface area contributed by atoms with Crippen molar-refractivity contribution in [2.45, 2.75) is 25.3 Å². The van der Waals surface area contributed by atoms with Gasteiger partial charge in [0.15, 0.2) is 11.6 Å². The second-order valence-electron chi connectivity index (χ2n) is 3.86. The Hall–Kier alpha value is -0.480. The van der Waals surface area contributed by atoms with Crippen molar-refractivity contribution in [1.29, 1.82) is 0 Å². The maximum atomic E-state index is 13.0. The van der Waals surface area contributed by atoms with Gasteiger partial charge in [0, 0.05) is 10.5 Å². The van der Waals surface area contributed by atoms with Gasteiger partial charge in [-0.2, -0.15) is 0 Å². The summed E-state index contributed by atoms with van der Waals surface area (Å²) >= 11 is 3.25. The molecule has 0 spiro atoms. The van der Waals surface area contributed by atoms with Crippen LogP contribution >= 0.6 is 15.9 Å². The van der Waals surface area contributed by atoms with E-state index >= 15 is 0 Å². The lowest BCUT2D eigenvalue weighted by molar-refractivity contribution is 0.504. The highest BCUT2D eigenvalue weighted by Crippen LogP contribution is 2.23. The van der Waals surface area contributed by atoms with Crippen LogP contribution in [0.15, 0.2) is 16.6 Å². The molecule has 1 aliphatic rings. The Labute approximate surface area is 96.0 Å². The quantitative estimate of drug-likeness (QED) is 0.819. The molecule has 15 heavy (non-hydrogen) atoms. The largest absolute Gasteiger partial charge is 0.314 e. The first kappa shape index (κ1) is 11.0. The molecule has 0 saturated carbocycles. The average molecular weight is 276 g/mol. The normalized spacial score (nSPS) is 20.9. The Balaban J connectivity index is 2.16. The number of rotatable bonds is 2. The molecule has 1 aromatic rings. The van der Waals surface area contributed by atoms with E-state index in [1.807, 2.05) is 0 Å². The average Bonchev–Trinajstić information content (AvgIpc) is 2.67. The zero-order valence-electron chi connectivity index (χ0n) is 8.19. The molecule has 82 valence electrons. The van der Waals surface area contributed by atoms with Gasteiger partial charge in [0.1, 0.15) is 0 Å². The summed E-state index contributed by atoms with van der Waals surface area (Å²) in [6.07, 6.45) is 3.01. The van der Waals surface area contributed by atoms with Crippen LogP contribution in [-0.2, 0) is 6.42 Å². The highest BCUT2D eigenvalue weighted by Gasteiger charge is 2.17. The highest BCUT2D eigenvalue weighted by molar-refractivity contribution is 9.10. The maximum Gasteiger partial charge on any atom is 0.159 e. The van der Waals surface area contributed by atoms with Crippen LogP contribution in [0.2, 0.25) is 0 Å². The fourth-order valence-electron chi connectivity index (χ4n) is 1.92. The van der Waals surface area contributed by atoms with E-state index in [0.717, 1.165) is 31.4 Å². The zero-order valence-corrected chi connectivity index (χ0v) is 9.78. The van der Waals surface area contributed by atoms with Crippen molar-refractivity contribution in [2.75, 3.05) is 6.54 Å². The summed E-state index contributed by atoms with van der Waals surface area (Å²) in [7, 11) is 0. The highest BCUT2D eigenvalue weighted by atomic mass is 79.9. The second-order valence-corrected chi connectivity index (χ2v) is 4.71. The van der Waals surface area contributed by atoms with Gasteiger partial charge in [-0.15, -0.1) is 0 Å². The lowest BCUT2D eigenvalue weighted by Crippen LogP contribution is -2.23. The monoisotopic (exact) mass is 275 g/mol. The van der Waals surface area contributed by atoms with Gasteiger partial charge < -0.3 is 5.32 Å². The van der Waals surface area contributed by atoms with Gasteiger partial charge in [0.25, 0.3) is 0 Å². The first-order chi connectivity index (χ1) is 7.16. The van der Waals surface area contributed by atoms with Crippen LogP contribution in [-0.4, -0.2) is 12.6 Å². The van der Waals surface area contributed by atoms with E-state index < -0.39 is 11.6 Å². The van der Waals surface area contributed by atoms with Crippen molar-refractivity contribution in [3.63, 3.8) is 0 Å². The topological polar surface area (TPSA) is 12.0 Å². The molecule has 1 saturated heterocycles. The van der Waals surface area contributed by atoms with E-state index in [2.05, 4.69) is 21.2 Å². The Kier molecular flexibility index (Phi) is 3.36. The van der Waals surface area contributed by atoms with E-state index in [0.29, 0.717) is 10.5 Å². The summed E-state index contributed by atoms with van der Waals surface area (Å²) in [5.74, 6) is -1.57. The molecule has 1 aliphatic heterocycles. The first-order valence-electron chi connectivity index (χ1n) is 5.03. The Morgan fingerprint density at radius 3 is 2.73 bits per heavy atom. The number of benzene rings is 1. The van der Waals surface area contributed by atoms with Crippen molar-refractivity contribution in [3.05, 3.63) is 33.8 Å². The third-order valence-corrected chi connectivity index (χ3v) is 3.46. The minimum Gasteiger partial charge on any atom is -0.314 e. The van der Waals surface area contributed by atoms with Crippen molar-refractivity contribution in [1.82, 2.24) is 5.32 Å². The summed E-state index contributed by atoms with van der Waals surface area (Å²) in [5, 5.41) is 3.33. The lowest BCUT2D eigenvalue weighted by atomic mass is 10.0. The Morgan fingerprint density at radius 1 is 1.33 bits per heavy atom. The van der Waals surface area contributed by atoms with Gasteiger partial charge in [-0.1, -0.05) is 15.9 Å². The molecule has 0 aromatic heterocycles. The molecule has 2 rings (SSSR count). The van der Waals surface area contributed by atoms with Crippen LogP contribution in [0, 0.1) is 11.6 Å². The summed E-state index contributed by atoms with van der Waals surface area (Å²) < 4.78 is 26.5. The lowest BCUT2D eigenvalue weighted by Gasteiger charge is -2.11. The van der Waals surface area contributed by atoms with Gasteiger partial charge in [0.05, 0.1) is 0 Å². The predicted octanol–water partition coefficient (Wildman–Crippen LogP) is 3.02. The van der Waals surface area contributed by atoms with Gasteiger partial charge in [-0.3, -0.25) is 0 Å². The van der Waals surface area contributed by atoms with Crippen molar-refractivity contribution >= 4 is 15.9 Å². The molecular formula is C11H12BrF2N. The summed E-state index contributed by atoms with van der Waals surface area (Å²) in [5.41, 5.74) is 0.827. The number of nitrogens with one attached hydrogen (secondary N) is 1. The minimum absolute atomic E-state index is 0.395. The van der Waals surface area contributed by atoms with Gasteiger partial charge >= 0.3 is 0 Å². The molecule has 1 N–H and O–H groups in total. The van der Waals surface area contributed by atoms with E-state index in [4.69, 9.17) is 0 Å². The second kappa shape index (κ2) is 4.58. The van der Waals surface area contributed by atoms with Crippen LogP contribution < -0.4 is 5.32 Å². The molecule has 1 fully saturated rings. The fraction of sp³-hybridized carbons (Fsp3) is 0.455. The van der Waals surface area contributed by atoms with E-state index in [1.165, 1.54) is 12.1 Å². The zero-order chi connectivity index (χ0) is 10.8. The molecule has 1 aromatic carbocycles. The third-order valence-electron chi connectivity index (χ3n) is 2.72. The fourth-order valence-corrected chi connectivity index (χ4v) is 2.39. The molecule has 0 bridgehead atoms. The van der Waals surface area contributed by atoms with Gasteiger partial charge in [-0.25, -0.2) is 8.78 Å². The summed E-state index contributed by atoms with van der Waals surface area (Å²) in [6, 6.07) is 2.87. The third kappa shape index (κ3) is 2.55. The van der Waals surface area contributed by atoms with Crippen LogP contribution in [0.4, 0.5) is 8.78 Å². The Bertz CT molecular complexity index is 362. The number of hydrogen-bond donors (Lipinski definition) is 1. The predicted molar refractivity (Wildman–Crippen MR) is 58.8 cm³/mol. The van der Waals surface area contributed by atoms with E-state index in [-0.39, 0.29) is 0 Å². The molecule has 0 amide bonds. The van der Waals surface area contributed by atoms with Crippen molar-refractivity contribution in [2.24, 2.45) is 0 Å². The van der Waals surface area contributed by atoms with Crippen molar-refractivity contribution in [3.8, 4) is 0 Å². The number of hydrogen-bond acceptors (Lipinski definition) is 1. The van der Waals surface area contributed by atoms with Crippen LogP contribution in [0.25, 0.3) is 0 Å². The molecule has 1 heterocycles. The van der Waals surface area contributed by atoms with Gasteiger partial charge in [-0.05, 0) is 43.5 Å². The van der Waals surface area contributed by atoms with Crippen LogP contribution in [0.3, 0.4) is 0 Å².